The summed E-state index contributed by atoms with van der Waals surface area (Å²) in [6.07, 6.45) is 1.35. The lowest BCUT2D eigenvalue weighted by molar-refractivity contribution is 0.335. The standard InChI is InChI=1S/C15H24FN3O4S2/c1-3-9-19(12-7-8-17-11-12)25(22,23)13-5-6-15(14(16)10-13)18-24(20,21)4-2/h5-6,10,12,17-18H,3-4,7-9,11H2,1-2H3. The van der Waals surface area contributed by atoms with Crippen LogP contribution in [0.2, 0.25) is 0 Å². The lowest BCUT2D eigenvalue weighted by atomic mass is 10.2. The van der Waals surface area contributed by atoms with Gasteiger partial charge in [-0.15, -0.1) is 0 Å². The van der Waals surface area contributed by atoms with Crippen molar-refractivity contribution in [3.05, 3.63) is 24.0 Å². The monoisotopic (exact) mass is 393 g/mol. The molecule has 10 heteroatoms. The molecule has 1 saturated heterocycles. The maximum Gasteiger partial charge on any atom is 0.243 e. The van der Waals surface area contributed by atoms with Gasteiger partial charge >= 0.3 is 0 Å². The largest absolute Gasteiger partial charge is 0.315 e. The fourth-order valence-electron chi connectivity index (χ4n) is 2.72. The fourth-order valence-corrected chi connectivity index (χ4v) is 5.12. The average Bonchev–Trinajstić information content (AvgIpc) is 3.08. The molecule has 0 radical (unpaired) electrons. The van der Waals surface area contributed by atoms with E-state index in [1.54, 1.807) is 0 Å². The van der Waals surface area contributed by atoms with Crippen LogP contribution in [0, 0.1) is 5.82 Å². The number of hydrogen-bond acceptors (Lipinski definition) is 5. The Morgan fingerprint density at radius 1 is 1.28 bits per heavy atom. The van der Waals surface area contributed by atoms with E-state index in [1.807, 2.05) is 6.92 Å². The van der Waals surface area contributed by atoms with Crippen LogP contribution >= 0.6 is 0 Å². The zero-order valence-corrected chi connectivity index (χ0v) is 16.0. The molecule has 1 aromatic carbocycles. The van der Waals surface area contributed by atoms with Gasteiger partial charge in [0.2, 0.25) is 20.0 Å². The molecule has 1 aliphatic heterocycles. The first-order chi connectivity index (χ1) is 11.7. The van der Waals surface area contributed by atoms with Gasteiger partial charge in [0.25, 0.3) is 0 Å². The third kappa shape index (κ3) is 4.69. The molecule has 7 nitrogen and oxygen atoms in total. The van der Waals surface area contributed by atoms with Gasteiger partial charge in [0, 0.05) is 19.1 Å². The summed E-state index contributed by atoms with van der Waals surface area (Å²) in [5.74, 6) is -1.12. The third-order valence-electron chi connectivity index (χ3n) is 4.08. The normalized spacial score (nSPS) is 18.6. The number of rotatable bonds is 8. The second-order valence-corrected chi connectivity index (χ2v) is 9.81. The highest BCUT2D eigenvalue weighted by molar-refractivity contribution is 7.92. The van der Waals surface area contributed by atoms with Gasteiger partial charge in [0.15, 0.2) is 0 Å². The van der Waals surface area contributed by atoms with E-state index in [4.69, 9.17) is 0 Å². The number of sulfonamides is 2. The number of halogens is 1. The van der Waals surface area contributed by atoms with E-state index in [2.05, 4.69) is 10.0 Å². The summed E-state index contributed by atoms with van der Waals surface area (Å²) >= 11 is 0. The fraction of sp³-hybridized carbons (Fsp3) is 0.600. The highest BCUT2D eigenvalue weighted by atomic mass is 32.2. The molecule has 1 atom stereocenters. The quantitative estimate of drug-likeness (QED) is 0.695. The summed E-state index contributed by atoms with van der Waals surface area (Å²) in [4.78, 5) is -0.176. The van der Waals surface area contributed by atoms with Crippen molar-refractivity contribution in [2.75, 3.05) is 30.1 Å². The van der Waals surface area contributed by atoms with E-state index in [0.717, 1.165) is 18.7 Å². The molecule has 1 fully saturated rings. The number of anilines is 1. The van der Waals surface area contributed by atoms with E-state index in [-0.39, 0.29) is 22.4 Å². The van der Waals surface area contributed by atoms with Crippen molar-refractivity contribution < 1.29 is 21.2 Å². The van der Waals surface area contributed by atoms with Gasteiger partial charge in [-0.2, -0.15) is 4.31 Å². The van der Waals surface area contributed by atoms with E-state index >= 15 is 0 Å². The average molecular weight is 394 g/mol. The first kappa shape index (κ1) is 20.1. The summed E-state index contributed by atoms with van der Waals surface area (Å²) in [5, 5.41) is 3.13. The molecule has 0 aliphatic carbocycles. The Morgan fingerprint density at radius 2 is 2.00 bits per heavy atom. The molecule has 0 aromatic heterocycles. The lowest BCUT2D eigenvalue weighted by Crippen LogP contribution is -2.42. The van der Waals surface area contributed by atoms with Crippen LogP contribution < -0.4 is 10.0 Å². The highest BCUT2D eigenvalue weighted by Gasteiger charge is 2.33. The van der Waals surface area contributed by atoms with Crippen molar-refractivity contribution in [1.82, 2.24) is 9.62 Å². The highest BCUT2D eigenvalue weighted by Crippen LogP contribution is 2.25. The summed E-state index contributed by atoms with van der Waals surface area (Å²) < 4.78 is 66.7. The topological polar surface area (TPSA) is 95.6 Å². The van der Waals surface area contributed by atoms with Gasteiger partial charge in [-0.1, -0.05) is 6.92 Å². The Morgan fingerprint density at radius 3 is 2.52 bits per heavy atom. The summed E-state index contributed by atoms with van der Waals surface area (Å²) in [5.41, 5.74) is -0.259. The second kappa shape index (κ2) is 7.98. The van der Waals surface area contributed by atoms with E-state index < -0.39 is 25.9 Å². The zero-order valence-electron chi connectivity index (χ0n) is 14.3. The number of benzene rings is 1. The maximum absolute atomic E-state index is 14.3. The minimum atomic E-state index is -3.86. The van der Waals surface area contributed by atoms with Crippen LogP contribution in [0.3, 0.4) is 0 Å². The molecule has 1 unspecified atom stereocenters. The Balaban J connectivity index is 2.33. The summed E-state index contributed by atoms with van der Waals surface area (Å²) in [6.45, 7) is 4.97. The van der Waals surface area contributed by atoms with Crippen molar-refractivity contribution in [3.63, 3.8) is 0 Å². The Kier molecular flexibility index (Phi) is 6.41. The second-order valence-electron chi connectivity index (χ2n) is 5.91. The molecular weight excluding hydrogens is 369 g/mol. The van der Waals surface area contributed by atoms with Crippen LogP contribution in [-0.4, -0.2) is 52.6 Å². The molecule has 0 bridgehead atoms. The minimum Gasteiger partial charge on any atom is -0.315 e. The summed E-state index contributed by atoms with van der Waals surface area (Å²) in [7, 11) is -7.50. The number of nitrogens with zero attached hydrogens (tertiary/aromatic N) is 1. The van der Waals surface area contributed by atoms with Gasteiger partial charge in [0.05, 0.1) is 16.3 Å². The molecular formula is C15H24FN3O4S2. The number of nitrogens with one attached hydrogen (secondary N) is 2. The van der Waals surface area contributed by atoms with E-state index in [1.165, 1.54) is 17.3 Å². The van der Waals surface area contributed by atoms with Gasteiger partial charge in [-0.3, -0.25) is 4.72 Å². The lowest BCUT2D eigenvalue weighted by Gasteiger charge is -2.27. The van der Waals surface area contributed by atoms with Gasteiger partial charge in [-0.05, 0) is 44.5 Å². The van der Waals surface area contributed by atoms with Crippen molar-refractivity contribution in [2.45, 2.75) is 37.6 Å². The zero-order chi connectivity index (χ0) is 18.7. The van der Waals surface area contributed by atoms with Gasteiger partial charge in [-0.25, -0.2) is 21.2 Å². The Labute approximate surface area is 148 Å². The maximum atomic E-state index is 14.3. The van der Waals surface area contributed by atoms with E-state index in [9.17, 15) is 21.2 Å². The minimum absolute atomic E-state index is 0.161. The number of hydrogen-bond donors (Lipinski definition) is 2. The van der Waals surface area contributed by atoms with Gasteiger partial charge in [0.1, 0.15) is 5.82 Å². The van der Waals surface area contributed by atoms with E-state index in [0.29, 0.717) is 25.9 Å². The van der Waals surface area contributed by atoms with Crippen molar-refractivity contribution >= 4 is 25.7 Å². The predicted octanol–water partition coefficient (Wildman–Crippen LogP) is 1.35. The molecule has 142 valence electrons. The molecule has 1 aromatic rings. The molecule has 1 aliphatic rings. The van der Waals surface area contributed by atoms with Crippen LogP contribution in [0.4, 0.5) is 10.1 Å². The molecule has 0 amide bonds. The SMILES string of the molecule is CCCN(C1CCNC1)S(=O)(=O)c1ccc(NS(=O)(=O)CC)c(F)c1. The molecule has 0 saturated carbocycles. The molecule has 1 heterocycles. The molecule has 25 heavy (non-hydrogen) atoms. The van der Waals surface area contributed by atoms with Crippen LogP contribution in [0.25, 0.3) is 0 Å². The Bertz CT molecular complexity index is 806. The summed E-state index contributed by atoms with van der Waals surface area (Å²) in [6, 6.07) is 3.09. The van der Waals surface area contributed by atoms with Crippen LogP contribution in [-0.2, 0) is 20.0 Å². The van der Waals surface area contributed by atoms with Crippen LogP contribution in [0.15, 0.2) is 23.1 Å². The first-order valence-electron chi connectivity index (χ1n) is 8.24. The van der Waals surface area contributed by atoms with Crippen molar-refractivity contribution in [2.24, 2.45) is 0 Å². The smallest absolute Gasteiger partial charge is 0.243 e. The molecule has 2 N–H and O–H groups in total. The van der Waals surface area contributed by atoms with Crippen LogP contribution in [0.5, 0.6) is 0 Å². The van der Waals surface area contributed by atoms with Gasteiger partial charge < -0.3 is 5.32 Å². The molecule has 2 rings (SSSR count). The Hall–Kier alpha value is -1.23. The van der Waals surface area contributed by atoms with Crippen LogP contribution in [0.1, 0.15) is 26.7 Å². The van der Waals surface area contributed by atoms with Crippen molar-refractivity contribution in [3.8, 4) is 0 Å². The van der Waals surface area contributed by atoms with Crippen molar-refractivity contribution in [1.29, 1.82) is 0 Å². The first-order valence-corrected chi connectivity index (χ1v) is 11.3. The molecule has 0 spiro atoms. The predicted molar refractivity (Wildman–Crippen MR) is 94.9 cm³/mol. The third-order valence-corrected chi connectivity index (χ3v) is 7.32.